The lowest BCUT2D eigenvalue weighted by Crippen LogP contribution is -2.45. The molecule has 1 N–H and O–H groups in total. The standard InChI is InChI=1S/C16H19NO3/c18-16(19)14-6-3-4-8-17(14)10-12-9-13-5-1-2-7-15(13)20-11-12/h1-2,5,7,9,14H,3-4,6,8,10-11H2,(H,18,19). The molecule has 4 heteroatoms. The van der Waals surface area contributed by atoms with Gasteiger partial charge in [0.15, 0.2) is 0 Å². The highest BCUT2D eigenvalue weighted by atomic mass is 16.5. The minimum Gasteiger partial charge on any atom is -0.489 e. The summed E-state index contributed by atoms with van der Waals surface area (Å²) in [6.45, 7) is 2.10. The molecule has 0 amide bonds. The fraction of sp³-hybridized carbons (Fsp3) is 0.438. The molecular weight excluding hydrogens is 254 g/mol. The lowest BCUT2D eigenvalue weighted by atomic mass is 10.0. The minimum absolute atomic E-state index is 0.346. The van der Waals surface area contributed by atoms with Crippen molar-refractivity contribution in [3.05, 3.63) is 35.4 Å². The molecule has 1 atom stereocenters. The van der Waals surface area contributed by atoms with Crippen LogP contribution in [0.2, 0.25) is 0 Å². The smallest absolute Gasteiger partial charge is 0.320 e. The van der Waals surface area contributed by atoms with Crippen LogP contribution in [0.4, 0.5) is 0 Å². The minimum atomic E-state index is -0.706. The van der Waals surface area contributed by atoms with E-state index in [2.05, 4.69) is 11.0 Å². The van der Waals surface area contributed by atoms with Gasteiger partial charge in [0.1, 0.15) is 18.4 Å². The second-order valence-corrected chi connectivity index (χ2v) is 5.45. The molecule has 0 aliphatic carbocycles. The summed E-state index contributed by atoms with van der Waals surface area (Å²) in [6.07, 6.45) is 4.97. The summed E-state index contributed by atoms with van der Waals surface area (Å²) < 4.78 is 5.73. The zero-order valence-corrected chi connectivity index (χ0v) is 11.4. The van der Waals surface area contributed by atoms with E-state index in [-0.39, 0.29) is 6.04 Å². The Kier molecular flexibility index (Phi) is 3.74. The van der Waals surface area contributed by atoms with Crippen LogP contribution in [0.3, 0.4) is 0 Å². The average Bonchev–Trinajstić information content (AvgIpc) is 2.47. The summed E-state index contributed by atoms with van der Waals surface area (Å²) in [7, 11) is 0. The second kappa shape index (κ2) is 5.67. The number of piperidine rings is 1. The van der Waals surface area contributed by atoms with Gasteiger partial charge in [0.2, 0.25) is 0 Å². The largest absolute Gasteiger partial charge is 0.489 e. The maximum Gasteiger partial charge on any atom is 0.320 e. The zero-order valence-electron chi connectivity index (χ0n) is 11.4. The molecule has 1 aromatic carbocycles. The Morgan fingerprint density at radius 3 is 3.05 bits per heavy atom. The maximum absolute atomic E-state index is 11.3. The van der Waals surface area contributed by atoms with E-state index in [1.807, 2.05) is 24.3 Å². The van der Waals surface area contributed by atoms with Crippen LogP contribution in [-0.4, -0.2) is 41.7 Å². The highest BCUT2D eigenvalue weighted by Crippen LogP contribution is 2.27. The number of rotatable bonds is 3. The summed E-state index contributed by atoms with van der Waals surface area (Å²) >= 11 is 0. The van der Waals surface area contributed by atoms with Gasteiger partial charge in [-0.05, 0) is 37.1 Å². The van der Waals surface area contributed by atoms with Gasteiger partial charge in [0.05, 0.1) is 0 Å². The van der Waals surface area contributed by atoms with Gasteiger partial charge in [-0.15, -0.1) is 0 Å². The number of carboxylic acid groups (broad SMARTS) is 1. The number of nitrogens with zero attached hydrogens (tertiary/aromatic N) is 1. The fourth-order valence-corrected chi connectivity index (χ4v) is 2.98. The van der Waals surface area contributed by atoms with Crippen molar-refractivity contribution in [1.29, 1.82) is 0 Å². The molecule has 0 spiro atoms. The Hall–Kier alpha value is -1.81. The summed E-state index contributed by atoms with van der Waals surface area (Å²) in [5.41, 5.74) is 2.23. The quantitative estimate of drug-likeness (QED) is 0.918. The normalized spacial score (nSPS) is 22.6. The number of fused-ring (bicyclic) bond motifs is 1. The van der Waals surface area contributed by atoms with Gasteiger partial charge < -0.3 is 9.84 Å². The highest BCUT2D eigenvalue weighted by Gasteiger charge is 2.29. The van der Waals surface area contributed by atoms with Crippen LogP contribution in [0.1, 0.15) is 24.8 Å². The molecule has 2 aliphatic rings. The molecule has 1 unspecified atom stereocenters. The molecule has 1 aromatic rings. The molecule has 0 aromatic heterocycles. The van der Waals surface area contributed by atoms with E-state index in [1.165, 1.54) is 0 Å². The van der Waals surface area contributed by atoms with Crippen molar-refractivity contribution in [2.45, 2.75) is 25.3 Å². The Labute approximate surface area is 118 Å². The van der Waals surface area contributed by atoms with Gasteiger partial charge in [-0.1, -0.05) is 24.6 Å². The first-order valence-electron chi connectivity index (χ1n) is 7.12. The number of hydrogen-bond acceptors (Lipinski definition) is 3. The number of benzene rings is 1. The van der Waals surface area contributed by atoms with Crippen LogP contribution in [0.15, 0.2) is 29.8 Å². The Balaban J connectivity index is 1.74. The molecule has 4 nitrogen and oxygen atoms in total. The van der Waals surface area contributed by atoms with Crippen LogP contribution < -0.4 is 4.74 Å². The third-order valence-corrected chi connectivity index (χ3v) is 4.00. The number of likely N-dealkylation sites (tertiary alicyclic amines) is 1. The second-order valence-electron chi connectivity index (χ2n) is 5.45. The number of ether oxygens (including phenoxy) is 1. The molecule has 0 radical (unpaired) electrons. The number of hydrogen-bond donors (Lipinski definition) is 1. The van der Waals surface area contributed by atoms with Crippen molar-refractivity contribution < 1.29 is 14.6 Å². The van der Waals surface area contributed by atoms with E-state index < -0.39 is 5.97 Å². The molecule has 106 valence electrons. The van der Waals surface area contributed by atoms with E-state index in [9.17, 15) is 9.90 Å². The summed E-state index contributed by atoms with van der Waals surface area (Å²) in [5.74, 6) is 0.201. The van der Waals surface area contributed by atoms with Crippen LogP contribution in [0.5, 0.6) is 5.75 Å². The van der Waals surface area contributed by atoms with Gasteiger partial charge in [0.25, 0.3) is 0 Å². The first-order valence-corrected chi connectivity index (χ1v) is 7.12. The topological polar surface area (TPSA) is 49.8 Å². The van der Waals surface area contributed by atoms with Crippen molar-refractivity contribution >= 4 is 12.0 Å². The Morgan fingerprint density at radius 2 is 2.20 bits per heavy atom. The summed E-state index contributed by atoms with van der Waals surface area (Å²) in [4.78, 5) is 13.4. The Morgan fingerprint density at radius 1 is 1.35 bits per heavy atom. The molecule has 20 heavy (non-hydrogen) atoms. The average molecular weight is 273 g/mol. The van der Waals surface area contributed by atoms with E-state index in [0.29, 0.717) is 13.2 Å². The van der Waals surface area contributed by atoms with Crippen LogP contribution >= 0.6 is 0 Å². The van der Waals surface area contributed by atoms with Gasteiger partial charge in [-0.2, -0.15) is 0 Å². The molecule has 2 heterocycles. The lowest BCUT2D eigenvalue weighted by molar-refractivity contribution is -0.144. The van der Waals surface area contributed by atoms with Crippen molar-refractivity contribution in [3.63, 3.8) is 0 Å². The van der Waals surface area contributed by atoms with Gasteiger partial charge in [-0.25, -0.2) is 0 Å². The van der Waals surface area contributed by atoms with Crippen molar-refractivity contribution in [2.24, 2.45) is 0 Å². The van der Waals surface area contributed by atoms with Crippen molar-refractivity contribution in [1.82, 2.24) is 4.90 Å². The van der Waals surface area contributed by atoms with Gasteiger partial charge in [0, 0.05) is 12.1 Å². The van der Waals surface area contributed by atoms with Crippen molar-refractivity contribution in [3.8, 4) is 5.75 Å². The van der Waals surface area contributed by atoms with E-state index in [1.54, 1.807) is 0 Å². The third-order valence-electron chi connectivity index (χ3n) is 4.00. The van der Waals surface area contributed by atoms with Crippen LogP contribution in [0, 0.1) is 0 Å². The van der Waals surface area contributed by atoms with Gasteiger partial charge in [-0.3, -0.25) is 9.69 Å². The Bertz CT molecular complexity index is 538. The highest BCUT2D eigenvalue weighted by molar-refractivity contribution is 5.73. The number of para-hydroxylation sites is 1. The first-order chi connectivity index (χ1) is 9.74. The lowest BCUT2D eigenvalue weighted by Gasteiger charge is -2.34. The van der Waals surface area contributed by atoms with Crippen LogP contribution in [0.25, 0.3) is 6.08 Å². The molecule has 3 rings (SSSR count). The summed E-state index contributed by atoms with van der Waals surface area (Å²) in [6, 6.07) is 7.59. The molecule has 0 bridgehead atoms. The zero-order chi connectivity index (χ0) is 13.9. The van der Waals surface area contributed by atoms with Crippen LogP contribution in [-0.2, 0) is 4.79 Å². The predicted octanol–water partition coefficient (Wildman–Crippen LogP) is 2.40. The SMILES string of the molecule is O=C(O)C1CCCCN1CC1=Cc2ccccc2OC1. The summed E-state index contributed by atoms with van der Waals surface area (Å²) in [5, 5.41) is 9.30. The van der Waals surface area contributed by atoms with E-state index in [0.717, 1.165) is 42.7 Å². The van der Waals surface area contributed by atoms with Gasteiger partial charge >= 0.3 is 5.97 Å². The monoisotopic (exact) mass is 273 g/mol. The van der Waals surface area contributed by atoms with E-state index >= 15 is 0 Å². The molecule has 1 fully saturated rings. The first kappa shape index (κ1) is 13.2. The third kappa shape index (κ3) is 2.70. The molecule has 1 saturated heterocycles. The maximum atomic E-state index is 11.3. The fourth-order valence-electron chi connectivity index (χ4n) is 2.98. The predicted molar refractivity (Wildman–Crippen MR) is 76.8 cm³/mol. The number of carbonyl (C=O) groups is 1. The van der Waals surface area contributed by atoms with Crippen molar-refractivity contribution in [2.75, 3.05) is 19.7 Å². The molecule has 0 saturated carbocycles. The molecular formula is C16H19NO3. The number of carboxylic acids is 1. The van der Waals surface area contributed by atoms with E-state index in [4.69, 9.17) is 4.74 Å². The molecule has 2 aliphatic heterocycles. The number of aliphatic carboxylic acids is 1.